The summed E-state index contributed by atoms with van der Waals surface area (Å²) in [7, 11) is 1.96. The molecule has 0 heterocycles. The fourth-order valence-corrected chi connectivity index (χ4v) is 3.36. The van der Waals surface area contributed by atoms with Gasteiger partial charge in [0, 0.05) is 16.4 Å². The van der Waals surface area contributed by atoms with Crippen LogP contribution in [-0.4, -0.2) is 13.1 Å². The molecule has 104 valence electrons. The summed E-state index contributed by atoms with van der Waals surface area (Å²) < 4.78 is 14.8. The average Bonchev–Trinajstić information content (AvgIpc) is 2.41. The van der Waals surface area contributed by atoms with E-state index in [1.807, 2.05) is 19.2 Å². The van der Waals surface area contributed by atoms with Gasteiger partial charge >= 0.3 is 0 Å². The maximum Gasteiger partial charge on any atom is 0.127 e. The molecule has 0 amide bonds. The molecule has 0 radical (unpaired) electrons. The van der Waals surface area contributed by atoms with Crippen molar-refractivity contribution in [2.45, 2.75) is 24.8 Å². The molecule has 0 saturated carbocycles. The summed E-state index contributed by atoms with van der Waals surface area (Å²) in [5.41, 5.74) is 3.61. The van der Waals surface area contributed by atoms with Crippen LogP contribution in [0.4, 0.5) is 4.39 Å². The van der Waals surface area contributed by atoms with Crippen LogP contribution >= 0.6 is 15.9 Å². The summed E-state index contributed by atoms with van der Waals surface area (Å²) in [5.74, 6) is 0.353. The van der Waals surface area contributed by atoms with Crippen molar-refractivity contribution in [2.75, 3.05) is 7.05 Å². The molecule has 0 aromatic heterocycles. The first-order valence-corrected chi connectivity index (χ1v) is 7.67. The normalized spacial score (nSPS) is 18.2. The van der Waals surface area contributed by atoms with Gasteiger partial charge in [-0.15, -0.1) is 0 Å². The lowest BCUT2D eigenvalue weighted by molar-refractivity contribution is 0.417. The second kappa shape index (κ2) is 5.66. The highest BCUT2D eigenvalue weighted by Crippen LogP contribution is 2.38. The van der Waals surface area contributed by atoms with Gasteiger partial charge in [0.25, 0.3) is 0 Å². The predicted molar refractivity (Wildman–Crippen MR) is 83.5 cm³/mol. The third-order valence-corrected chi connectivity index (χ3v) is 4.70. The van der Waals surface area contributed by atoms with Gasteiger partial charge in [0.1, 0.15) is 5.82 Å². The van der Waals surface area contributed by atoms with Crippen LogP contribution in [0.5, 0.6) is 0 Å². The number of rotatable bonds is 4. The topological polar surface area (TPSA) is 12.0 Å². The van der Waals surface area contributed by atoms with Gasteiger partial charge in [-0.1, -0.05) is 46.3 Å². The second-order valence-corrected chi connectivity index (χ2v) is 6.26. The summed E-state index contributed by atoms with van der Waals surface area (Å²) in [6.07, 6.45) is 1.80. The zero-order chi connectivity index (χ0) is 14.1. The molecule has 0 saturated heterocycles. The third-order valence-electron chi connectivity index (χ3n) is 4.21. The van der Waals surface area contributed by atoms with E-state index in [4.69, 9.17) is 0 Å². The average molecular weight is 334 g/mol. The zero-order valence-corrected chi connectivity index (χ0v) is 13.0. The Morgan fingerprint density at radius 1 is 1.30 bits per heavy atom. The summed E-state index contributed by atoms with van der Waals surface area (Å²) in [5, 5.41) is 3.36. The first-order valence-electron chi connectivity index (χ1n) is 6.88. The molecule has 20 heavy (non-hydrogen) atoms. The molecule has 3 rings (SSSR count). The molecule has 1 N–H and O–H groups in total. The molecule has 0 fully saturated rings. The lowest BCUT2D eigenvalue weighted by Crippen LogP contribution is -2.39. The Bertz CT molecular complexity index is 626. The van der Waals surface area contributed by atoms with E-state index in [1.54, 1.807) is 0 Å². The molecule has 0 bridgehead atoms. The van der Waals surface area contributed by atoms with Crippen LogP contribution in [0.25, 0.3) is 0 Å². The Morgan fingerprint density at radius 2 is 2.10 bits per heavy atom. The molecular weight excluding hydrogens is 317 g/mol. The summed E-state index contributed by atoms with van der Waals surface area (Å²) in [4.78, 5) is 0. The fraction of sp³-hybridized carbons (Fsp3) is 0.294. The van der Waals surface area contributed by atoms with Crippen LogP contribution in [-0.2, 0) is 12.8 Å². The van der Waals surface area contributed by atoms with Crippen LogP contribution in [0.2, 0.25) is 0 Å². The van der Waals surface area contributed by atoms with Gasteiger partial charge in [-0.05, 0) is 48.7 Å². The molecule has 1 aliphatic carbocycles. The van der Waals surface area contributed by atoms with E-state index >= 15 is 0 Å². The number of nitrogens with one attached hydrogen (secondary N) is 1. The molecular formula is C17H17BrFN. The molecule has 0 spiro atoms. The lowest BCUT2D eigenvalue weighted by Gasteiger charge is -2.36. The second-order valence-electron chi connectivity index (χ2n) is 5.34. The van der Waals surface area contributed by atoms with Crippen molar-refractivity contribution in [3.8, 4) is 0 Å². The van der Waals surface area contributed by atoms with Crippen molar-refractivity contribution >= 4 is 15.9 Å². The summed E-state index contributed by atoms with van der Waals surface area (Å²) in [6, 6.07) is 14.1. The van der Waals surface area contributed by atoms with Crippen LogP contribution in [0.3, 0.4) is 0 Å². The highest BCUT2D eigenvalue weighted by molar-refractivity contribution is 9.10. The number of benzene rings is 2. The maximum absolute atomic E-state index is 14.0. The SMILES string of the molecule is CNC(Cc1ccc(Br)cc1F)C1Cc2ccccc21. The van der Waals surface area contributed by atoms with Crippen LogP contribution in [0.15, 0.2) is 46.9 Å². The maximum atomic E-state index is 14.0. The Balaban J connectivity index is 1.79. The van der Waals surface area contributed by atoms with Crippen molar-refractivity contribution in [3.05, 3.63) is 69.4 Å². The summed E-state index contributed by atoms with van der Waals surface area (Å²) >= 11 is 3.30. The molecule has 1 aliphatic rings. The highest BCUT2D eigenvalue weighted by atomic mass is 79.9. The van der Waals surface area contributed by atoms with Gasteiger partial charge < -0.3 is 5.32 Å². The number of fused-ring (bicyclic) bond motifs is 1. The van der Waals surface area contributed by atoms with Crippen molar-refractivity contribution in [3.63, 3.8) is 0 Å². The van der Waals surface area contributed by atoms with E-state index in [1.165, 1.54) is 17.2 Å². The Kier molecular flexibility index (Phi) is 3.90. The van der Waals surface area contributed by atoms with E-state index in [2.05, 4.69) is 45.5 Å². The van der Waals surface area contributed by atoms with Gasteiger partial charge in [0.05, 0.1) is 0 Å². The molecule has 1 nitrogen and oxygen atoms in total. The monoisotopic (exact) mass is 333 g/mol. The minimum Gasteiger partial charge on any atom is -0.316 e. The van der Waals surface area contributed by atoms with E-state index < -0.39 is 0 Å². The summed E-state index contributed by atoms with van der Waals surface area (Å²) in [6.45, 7) is 0. The zero-order valence-electron chi connectivity index (χ0n) is 11.4. The largest absolute Gasteiger partial charge is 0.316 e. The third kappa shape index (κ3) is 2.52. The number of halogens is 2. The Hall–Kier alpha value is -1.19. The molecule has 2 unspecified atom stereocenters. The molecule has 2 aromatic carbocycles. The van der Waals surface area contributed by atoms with Crippen molar-refractivity contribution in [1.82, 2.24) is 5.32 Å². The standard InChI is InChI=1S/C17H17BrFN/c1-20-17(9-12-6-7-13(18)10-16(12)19)15-8-11-4-2-3-5-14(11)15/h2-7,10,15,17,20H,8-9H2,1H3. The number of hydrogen-bond acceptors (Lipinski definition) is 1. The molecule has 3 heteroatoms. The van der Waals surface area contributed by atoms with E-state index in [9.17, 15) is 4.39 Å². The van der Waals surface area contributed by atoms with E-state index in [0.717, 1.165) is 16.5 Å². The predicted octanol–water partition coefficient (Wildman–Crippen LogP) is 4.06. The van der Waals surface area contributed by atoms with Gasteiger partial charge in [0.15, 0.2) is 0 Å². The first-order chi connectivity index (χ1) is 9.69. The highest BCUT2D eigenvalue weighted by Gasteiger charge is 2.32. The Labute approximate surface area is 127 Å². The molecule has 0 aliphatic heterocycles. The van der Waals surface area contributed by atoms with Crippen LogP contribution in [0, 0.1) is 5.82 Å². The lowest BCUT2D eigenvalue weighted by atomic mass is 9.72. The van der Waals surface area contributed by atoms with Gasteiger partial charge in [-0.3, -0.25) is 0 Å². The smallest absolute Gasteiger partial charge is 0.127 e. The van der Waals surface area contributed by atoms with Gasteiger partial charge in [0.2, 0.25) is 0 Å². The molecule has 2 atom stereocenters. The number of hydrogen-bond donors (Lipinski definition) is 1. The minimum atomic E-state index is -0.132. The fourth-order valence-electron chi connectivity index (χ4n) is 3.03. The Morgan fingerprint density at radius 3 is 2.80 bits per heavy atom. The van der Waals surface area contributed by atoms with Crippen molar-refractivity contribution in [1.29, 1.82) is 0 Å². The van der Waals surface area contributed by atoms with Gasteiger partial charge in [-0.2, -0.15) is 0 Å². The van der Waals surface area contributed by atoms with Crippen molar-refractivity contribution < 1.29 is 4.39 Å². The van der Waals surface area contributed by atoms with Crippen LogP contribution in [0.1, 0.15) is 22.6 Å². The minimum absolute atomic E-state index is 0.132. The van der Waals surface area contributed by atoms with E-state index in [-0.39, 0.29) is 11.9 Å². The first kappa shape index (κ1) is 13.8. The quantitative estimate of drug-likeness (QED) is 0.889. The van der Waals surface area contributed by atoms with E-state index in [0.29, 0.717) is 12.3 Å². The molecule has 2 aromatic rings. The van der Waals surface area contributed by atoms with Crippen LogP contribution < -0.4 is 5.32 Å². The number of likely N-dealkylation sites (N-methyl/N-ethyl adjacent to an activating group) is 1. The van der Waals surface area contributed by atoms with Crippen molar-refractivity contribution in [2.24, 2.45) is 0 Å². The van der Waals surface area contributed by atoms with Gasteiger partial charge in [-0.25, -0.2) is 4.39 Å².